The number of nitriles is 2. The number of carbonyl (C=O) groups is 2. The molecular formula is C20H12Cl2N4O2S. The van der Waals surface area contributed by atoms with Gasteiger partial charge in [-0.2, -0.15) is 10.5 Å². The molecule has 0 saturated carbocycles. The maximum Gasteiger partial charge on any atom is 0.247 e. The third-order valence-electron chi connectivity index (χ3n) is 4.01. The van der Waals surface area contributed by atoms with Crippen molar-refractivity contribution in [2.45, 2.75) is 11.7 Å². The number of nitrogens with zero attached hydrogens (tertiary/aromatic N) is 3. The van der Waals surface area contributed by atoms with Gasteiger partial charge in [-0.3, -0.25) is 9.59 Å². The average molecular weight is 443 g/mol. The number of hydrogen-bond acceptors (Lipinski definition) is 6. The van der Waals surface area contributed by atoms with Gasteiger partial charge in [0.2, 0.25) is 11.8 Å². The largest absolute Gasteiger partial charge is 0.349 e. The quantitative estimate of drug-likeness (QED) is 0.530. The number of imide groups is 1. The van der Waals surface area contributed by atoms with Crippen molar-refractivity contribution in [2.24, 2.45) is 0 Å². The molecule has 1 aliphatic heterocycles. The highest BCUT2D eigenvalue weighted by Crippen LogP contribution is 2.40. The summed E-state index contributed by atoms with van der Waals surface area (Å²) in [6.07, 6.45) is -0.116. The van der Waals surface area contributed by atoms with Crippen LogP contribution in [-0.4, -0.2) is 17.1 Å². The van der Waals surface area contributed by atoms with Gasteiger partial charge in [0.15, 0.2) is 5.57 Å². The van der Waals surface area contributed by atoms with Crippen LogP contribution in [0.25, 0.3) is 0 Å². The summed E-state index contributed by atoms with van der Waals surface area (Å²) in [6.45, 7) is 0. The van der Waals surface area contributed by atoms with Crippen LogP contribution in [0.5, 0.6) is 0 Å². The van der Waals surface area contributed by atoms with Crippen molar-refractivity contribution in [1.29, 1.82) is 10.5 Å². The van der Waals surface area contributed by atoms with Gasteiger partial charge in [-0.25, -0.2) is 4.90 Å². The second-order valence-corrected chi connectivity index (χ2v) is 7.89. The predicted molar refractivity (Wildman–Crippen MR) is 113 cm³/mol. The highest BCUT2D eigenvalue weighted by Gasteiger charge is 2.42. The first kappa shape index (κ1) is 20.8. The summed E-state index contributed by atoms with van der Waals surface area (Å²) < 4.78 is 0. The van der Waals surface area contributed by atoms with E-state index in [9.17, 15) is 20.1 Å². The van der Waals surface area contributed by atoms with Gasteiger partial charge in [0, 0.05) is 12.1 Å². The Morgan fingerprint density at radius 3 is 2.24 bits per heavy atom. The minimum Gasteiger partial charge on any atom is -0.349 e. The molecule has 0 bridgehead atoms. The lowest BCUT2D eigenvalue weighted by atomic mass is 10.3. The molecule has 1 fully saturated rings. The summed E-state index contributed by atoms with van der Waals surface area (Å²) in [6, 6.07) is 17.2. The maximum atomic E-state index is 13.0. The van der Waals surface area contributed by atoms with Crippen molar-refractivity contribution in [2.75, 3.05) is 10.2 Å². The zero-order valence-electron chi connectivity index (χ0n) is 14.7. The van der Waals surface area contributed by atoms with Crippen LogP contribution in [0.2, 0.25) is 10.0 Å². The number of halogens is 2. The molecule has 1 N–H and O–H groups in total. The van der Waals surface area contributed by atoms with Crippen molar-refractivity contribution >= 4 is 58.2 Å². The van der Waals surface area contributed by atoms with Gasteiger partial charge in [0.1, 0.15) is 17.2 Å². The van der Waals surface area contributed by atoms with Gasteiger partial charge in [-0.05, 0) is 24.3 Å². The van der Waals surface area contributed by atoms with Crippen LogP contribution < -0.4 is 10.2 Å². The molecule has 2 aromatic carbocycles. The van der Waals surface area contributed by atoms with E-state index >= 15 is 0 Å². The van der Waals surface area contributed by atoms with Crippen molar-refractivity contribution in [3.8, 4) is 12.1 Å². The lowest BCUT2D eigenvalue weighted by Gasteiger charge is -2.18. The van der Waals surface area contributed by atoms with Gasteiger partial charge in [0.05, 0.1) is 21.0 Å². The molecule has 0 aromatic heterocycles. The van der Waals surface area contributed by atoms with E-state index in [0.29, 0.717) is 5.69 Å². The van der Waals surface area contributed by atoms with Crippen LogP contribution in [0, 0.1) is 22.7 Å². The average Bonchev–Trinajstić information content (AvgIpc) is 2.97. The molecule has 2 aromatic rings. The number of allylic oxidation sites excluding steroid dienone is 1. The maximum absolute atomic E-state index is 13.0. The smallest absolute Gasteiger partial charge is 0.247 e. The van der Waals surface area contributed by atoms with Gasteiger partial charge in [-0.15, -0.1) is 0 Å². The zero-order valence-corrected chi connectivity index (χ0v) is 17.1. The number of carbonyl (C=O) groups excluding carboxylic acids is 2. The second-order valence-electron chi connectivity index (χ2n) is 5.87. The molecule has 0 unspecified atom stereocenters. The first-order chi connectivity index (χ1) is 14.0. The van der Waals surface area contributed by atoms with Gasteiger partial charge in [0.25, 0.3) is 0 Å². The molecule has 9 heteroatoms. The molecule has 3 rings (SSSR count). The second kappa shape index (κ2) is 9.02. The topological polar surface area (TPSA) is 97.0 Å². The SMILES string of the molecule is N#CC(C#N)=C(Nc1ccccc1)S[C@H]1CC(=O)N(c2c(Cl)cccc2Cl)C1=O. The monoisotopic (exact) mass is 442 g/mol. The lowest BCUT2D eigenvalue weighted by molar-refractivity contribution is -0.121. The predicted octanol–water partition coefficient (Wildman–Crippen LogP) is 4.73. The van der Waals surface area contributed by atoms with Crippen LogP contribution >= 0.6 is 35.0 Å². The molecule has 6 nitrogen and oxygen atoms in total. The van der Waals surface area contributed by atoms with Crippen LogP contribution in [-0.2, 0) is 9.59 Å². The van der Waals surface area contributed by atoms with Crippen LogP contribution in [0.3, 0.4) is 0 Å². The number of amides is 2. The Labute approximate surface area is 181 Å². The number of rotatable bonds is 5. The fourth-order valence-electron chi connectivity index (χ4n) is 2.71. The first-order valence-corrected chi connectivity index (χ1v) is 9.93. The van der Waals surface area contributed by atoms with Gasteiger partial charge < -0.3 is 5.32 Å². The Hall–Kier alpha value is -2.97. The number of anilines is 2. The minimum absolute atomic E-state index is 0.116. The highest BCUT2D eigenvalue weighted by molar-refractivity contribution is 8.04. The summed E-state index contributed by atoms with van der Waals surface area (Å²) in [5.74, 6) is -0.977. The Kier molecular flexibility index (Phi) is 6.46. The molecule has 144 valence electrons. The molecule has 29 heavy (non-hydrogen) atoms. The lowest BCUT2D eigenvalue weighted by Crippen LogP contribution is -2.31. The molecule has 1 saturated heterocycles. The number of hydrogen-bond donors (Lipinski definition) is 1. The van der Waals surface area contributed by atoms with E-state index in [1.165, 1.54) is 12.1 Å². The Bertz CT molecular complexity index is 1050. The summed E-state index contributed by atoms with van der Waals surface area (Å²) in [5, 5.41) is 21.3. The number of para-hydroxylation sites is 2. The third kappa shape index (κ3) is 4.38. The van der Waals surface area contributed by atoms with Crippen molar-refractivity contribution < 1.29 is 9.59 Å². The van der Waals surface area contributed by atoms with Crippen molar-refractivity contribution in [3.05, 3.63) is 69.2 Å². The first-order valence-electron chi connectivity index (χ1n) is 8.30. The van der Waals surface area contributed by atoms with E-state index < -0.39 is 17.1 Å². The van der Waals surface area contributed by atoms with E-state index in [2.05, 4.69) is 5.32 Å². The van der Waals surface area contributed by atoms with Crippen molar-refractivity contribution in [3.63, 3.8) is 0 Å². The summed E-state index contributed by atoms with van der Waals surface area (Å²) >= 11 is 13.3. The standard InChI is InChI=1S/C20H12Cl2N4O2S/c21-14-7-4-8-15(22)18(14)26-17(27)9-16(20(26)28)29-19(12(10-23)11-24)25-13-5-2-1-3-6-13/h1-8,16,25H,9H2/t16-/m0/s1. The van der Waals surface area contributed by atoms with Crippen LogP contribution in [0.4, 0.5) is 11.4 Å². The van der Waals surface area contributed by atoms with E-state index in [0.717, 1.165) is 16.7 Å². The third-order valence-corrected chi connectivity index (χ3v) is 5.81. The molecule has 2 amide bonds. The molecule has 1 aliphatic rings. The molecule has 0 radical (unpaired) electrons. The number of thioether (sulfide) groups is 1. The molecule has 0 spiro atoms. The van der Waals surface area contributed by atoms with E-state index in [4.69, 9.17) is 23.2 Å². The molecular weight excluding hydrogens is 431 g/mol. The molecule has 0 aliphatic carbocycles. The van der Waals surface area contributed by atoms with Crippen LogP contribution in [0.15, 0.2) is 59.1 Å². The Morgan fingerprint density at radius 1 is 1.03 bits per heavy atom. The van der Waals surface area contributed by atoms with Crippen molar-refractivity contribution in [1.82, 2.24) is 0 Å². The zero-order chi connectivity index (χ0) is 21.0. The molecule has 1 heterocycles. The van der Waals surface area contributed by atoms with Crippen LogP contribution in [0.1, 0.15) is 6.42 Å². The molecule has 1 atom stereocenters. The summed E-state index contributed by atoms with van der Waals surface area (Å²) in [4.78, 5) is 26.5. The highest BCUT2D eigenvalue weighted by atomic mass is 35.5. The van der Waals surface area contributed by atoms with E-state index in [1.807, 2.05) is 18.2 Å². The van der Waals surface area contributed by atoms with E-state index in [1.54, 1.807) is 30.3 Å². The summed E-state index contributed by atoms with van der Waals surface area (Å²) in [7, 11) is 0. The fourth-order valence-corrected chi connectivity index (χ4v) is 4.38. The normalized spacial score (nSPS) is 15.6. The Balaban J connectivity index is 1.91. The van der Waals surface area contributed by atoms with Gasteiger partial charge in [-0.1, -0.05) is 59.2 Å². The van der Waals surface area contributed by atoms with E-state index in [-0.39, 0.29) is 32.8 Å². The summed E-state index contributed by atoms with van der Waals surface area (Å²) in [5.41, 5.74) is 0.588. The van der Waals surface area contributed by atoms with Gasteiger partial charge >= 0.3 is 0 Å². The Morgan fingerprint density at radius 2 is 1.66 bits per heavy atom. The number of benzene rings is 2. The fraction of sp³-hybridized carbons (Fsp3) is 0.100. The number of nitrogens with one attached hydrogen (secondary N) is 1. The minimum atomic E-state index is -0.835.